The van der Waals surface area contributed by atoms with E-state index in [9.17, 15) is 4.79 Å². The number of methoxy groups -OCH3 is 2. The van der Waals surface area contributed by atoms with Gasteiger partial charge in [-0.25, -0.2) is 0 Å². The fourth-order valence-electron chi connectivity index (χ4n) is 3.39. The lowest BCUT2D eigenvalue weighted by atomic mass is 10.1. The molecule has 2 aromatic carbocycles. The molecule has 1 amide bonds. The van der Waals surface area contributed by atoms with Gasteiger partial charge in [-0.3, -0.25) is 9.36 Å². The highest BCUT2D eigenvalue weighted by molar-refractivity contribution is 7.99. The first-order valence-corrected chi connectivity index (χ1v) is 11.9. The Morgan fingerprint density at radius 3 is 2.72 bits per heavy atom. The average Bonchev–Trinajstić information content (AvgIpc) is 3.42. The molecule has 0 fully saturated rings. The number of hydrogen-bond donors (Lipinski definition) is 1. The second-order valence-corrected chi connectivity index (χ2v) is 9.17. The molecule has 0 aliphatic carbocycles. The van der Waals surface area contributed by atoms with Gasteiger partial charge in [0.05, 0.1) is 25.7 Å². The Hall–Kier alpha value is -3.04. The molecule has 0 aliphatic heterocycles. The number of fused-ring (bicyclic) bond motifs is 1. The first kappa shape index (κ1) is 22.2. The third-order valence-corrected chi connectivity index (χ3v) is 6.82. The maximum absolute atomic E-state index is 12.6. The van der Waals surface area contributed by atoms with Crippen LogP contribution in [-0.2, 0) is 4.79 Å². The van der Waals surface area contributed by atoms with Gasteiger partial charge in [-0.2, -0.15) is 0 Å². The van der Waals surface area contributed by atoms with Crippen LogP contribution in [-0.4, -0.2) is 40.6 Å². The van der Waals surface area contributed by atoms with Crippen molar-refractivity contribution in [3.05, 3.63) is 47.8 Å². The van der Waals surface area contributed by atoms with E-state index >= 15 is 0 Å². The normalized spacial score (nSPS) is 11.2. The summed E-state index contributed by atoms with van der Waals surface area (Å²) in [5, 5.41) is 15.7. The number of thiophene rings is 1. The molecule has 2 aromatic heterocycles. The monoisotopic (exact) mass is 468 g/mol. The number of ether oxygens (including phenoxy) is 2. The summed E-state index contributed by atoms with van der Waals surface area (Å²) in [5.41, 5.74) is 1.65. The minimum Gasteiger partial charge on any atom is -0.497 e. The van der Waals surface area contributed by atoms with Crippen LogP contribution in [0.1, 0.15) is 19.9 Å². The highest BCUT2D eigenvalue weighted by Crippen LogP contribution is 2.36. The Labute approximate surface area is 194 Å². The van der Waals surface area contributed by atoms with Gasteiger partial charge in [-0.05, 0) is 32.0 Å². The fraction of sp³-hybridized carbons (Fsp3) is 0.261. The van der Waals surface area contributed by atoms with Crippen LogP contribution < -0.4 is 14.8 Å². The van der Waals surface area contributed by atoms with Crippen LogP contribution in [0.3, 0.4) is 0 Å². The summed E-state index contributed by atoms with van der Waals surface area (Å²) in [7, 11) is 3.14. The molecule has 0 aliphatic rings. The highest BCUT2D eigenvalue weighted by atomic mass is 32.2. The van der Waals surface area contributed by atoms with Crippen LogP contribution in [0.2, 0.25) is 0 Å². The van der Waals surface area contributed by atoms with E-state index in [0.29, 0.717) is 22.3 Å². The largest absolute Gasteiger partial charge is 0.497 e. The van der Waals surface area contributed by atoms with Gasteiger partial charge in [0.15, 0.2) is 11.0 Å². The number of amides is 1. The number of hydrogen-bond acceptors (Lipinski definition) is 7. The number of nitrogens with zero attached hydrogens (tertiary/aromatic N) is 3. The molecule has 0 saturated heterocycles. The van der Waals surface area contributed by atoms with Gasteiger partial charge < -0.3 is 14.8 Å². The van der Waals surface area contributed by atoms with Gasteiger partial charge in [0.25, 0.3) is 0 Å². The Bertz CT molecular complexity index is 1250. The van der Waals surface area contributed by atoms with E-state index in [1.807, 2.05) is 12.1 Å². The zero-order valence-corrected chi connectivity index (χ0v) is 19.9. The maximum atomic E-state index is 12.6. The van der Waals surface area contributed by atoms with Crippen LogP contribution in [0.15, 0.2) is 53.0 Å². The standard InChI is InChI=1S/C23H24N4O3S2/c1-14(2)27-22(17-12-31-20-8-6-5-7-16(17)20)25-26-23(27)32-13-21(28)24-18-10-9-15(29-3)11-19(18)30-4/h5-12,14H,13H2,1-4H3,(H,24,28). The van der Waals surface area contributed by atoms with E-state index in [2.05, 4.69) is 51.4 Å². The molecule has 0 bridgehead atoms. The van der Waals surface area contributed by atoms with Crippen LogP contribution >= 0.6 is 23.1 Å². The summed E-state index contributed by atoms with van der Waals surface area (Å²) >= 11 is 3.05. The van der Waals surface area contributed by atoms with E-state index in [1.54, 1.807) is 43.8 Å². The zero-order valence-electron chi connectivity index (χ0n) is 18.3. The number of nitrogens with one attached hydrogen (secondary N) is 1. The predicted molar refractivity (Wildman–Crippen MR) is 130 cm³/mol. The van der Waals surface area contributed by atoms with Crippen molar-refractivity contribution in [2.45, 2.75) is 25.0 Å². The first-order chi connectivity index (χ1) is 15.5. The van der Waals surface area contributed by atoms with Crippen LogP contribution in [0.4, 0.5) is 5.69 Å². The fourth-order valence-corrected chi connectivity index (χ4v) is 5.20. The average molecular weight is 469 g/mol. The topological polar surface area (TPSA) is 78.3 Å². The molecule has 7 nitrogen and oxygen atoms in total. The Morgan fingerprint density at radius 2 is 1.97 bits per heavy atom. The number of carbonyl (C=O) groups is 1. The van der Waals surface area contributed by atoms with Crippen LogP contribution in [0.5, 0.6) is 11.5 Å². The molecule has 2 heterocycles. The van der Waals surface area contributed by atoms with Crippen LogP contribution in [0.25, 0.3) is 21.5 Å². The van der Waals surface area contributed by atoms with E-state index < -0.39 is 0 Å². The Balaban J connectivity index is 1.52. The number of carbonyl (C=O) groups excluding carboxylic acids is 1. The maximum Gasteiger partial charge on any atom is 0.234 e. The lowest BCUT2D eigenvalue weighted by Crippen LogP contribution is -2.15. The molecule has 166 valence electrons. The van der Waals surface area contributed by atoms with Gasteiger partial charge >= 0.3 is 0 Å². The number of aromatic nitrogens is 3. The third kappa shape index (κ3) is 4.44. The minimum atomic E-state index is -0.153. The first-order valence-electron chi connectivity index (χ1n) is 10.1. The number of benzene rings is 2. The summed E-state index contributed by atoms with van der Waals surface area (Å²) in [6.07, 6.45) is 0. The minimum absolute atomic E-state index is 0.144. The molecule has 0 saturated carbocycles. The van der Waals surface area contributed by atoms with Crippen LogP contribution in [0, 0.1) is 0 Å². The lowest BCUT2D eigenvalue weighted by molar-refractivity contribution is -0.113. The second-order valence-electron chi connectivity index (χ2n) is 7.32. The molecule has 0 atom stereocenters. The van der Waals surface area contributed by atoms with Gasteiger partial charge in [0, 0.05) is 33.1 Å². The van der Waals surface area contributed by atoms with E-state index in [-0.39, 0.29) is 17.7 Å². The van der Waals surface area contributed by atoms with Gasteiger partial charge in [0.1, 0.15) is 11.5 Å². The smallest absolute Gasteiger partial charge is 0.234 e. The Morgan fingerprint density at radius 1 is 1.16 bits per heavy atom. The summed E-state index contributed by atoms with van der Waals surface area (Å²) in [4.78, 5) is 12.6. The molecule has 1 N–H and O–H groups in total. The van der Waals surface area contributed by atoms with Gasteiger partial charge in [-0.15, -0.1) is 21.5 Å². The van der Waals surface area contributed by atoms with E-state index in [4.69, 9.17) is 9.47 Å². The SMILES string of the molecule is COc1ccc(NC(=O)CSc2nnc(-c3csc4ccccc34)n2C(C)C)c(OC)c1. The van der Waals surface area contributed by atoms with Crippen molar-refractivity contribution in [2.75, 3.05) is 25.3 Å². The molecular formula is C23H24N4O3S2. The molecule has 4 rings (SSSR count). The highest BCUT2D eigenvalue weighted by Gasteiger charge is 2.20. The lowest BCUT2D eigenvalue weighted by Gasteiger charge is -2.14. The predicted octanol–water partition coefficient (Wildman–Crippen LogP) is 5.49. The summed E-state index contributed by atoms with van der Waals surface area (Å²) in [5.74, 6) is 2.06. The Kier molecular flexibility index (Phi) is 6.66. The van der Waals surface area contributed by atoms with Crippen molar-refractivity contribution < 1.29 is 14.3 Å². The van der Waals surface area contributed by atoms with Crippen molar-refractivity contribution in [3.63, 3.8) is 0 Å². The van der Waals surface area contributed by atoms with Crippen molar-refractivity contribution in [2.24, 2.45) is 0 Å². The summed E-state index contributed by atoms with van der Waals surface area (Å²) in [6.45, 7) is 4.18. The quantitative estimate of drug-likeness (QED) is 0.345. The molecule has 0 radical (unpaired) electrons. The molecule has 0 spiro atoms. The van der Waals surface area contributed by atoms with Crippen molar-refractivity contribution in [1.82, 2.24) is 14.8 Å². The molecule has 4 aromatic rings. The van der Waals surface area contributed by atoms with Crippen molar-refractivity contribution >= 4 is 44.8 Å². The molecular weight excluding hydrogens is 444 g/mol. The summed E-state index contributed by atoms with van der Waals surface area (Å²) < 4.78 is 13.9. The molecule has 9 heteroatoms. The van der Waals surface area contributed by atoms with Crippen molar-refractivity contribution in [1.29, 1.82) is 0 Å². The number of anilines is 1. The number of thioether (sulfide) groups is 1. The van der Waals surface area contributed by atoms with Crippen molar-refractivity contribution in [3.8, 4) is 22.9 Å². The number of rotatable bonds is 8. The zero-order chi connectivity index (χ0) is 22.7. The van der Waals surface area contributed by atoms with Gasteiger partial charge in [0.2, 0.25) is 5.91 Å². The second kappa shape index (κ2) is 9.62. The van der Waals surface area contributed by atoms with Gasteiger partial charge in [-0.1, -0.05) is 30.0 Å². The van der Waals surface area contributed by atoms with E-state index in [1.165, 1.54) is 16.5 Å². The molecule has 0 unspecified atom stereocenters. The molecule has 32 heavy (non-hydrogen) atoms. The third-order valence-electron chi connectivity index (χ3n) is 4.92. The summed E-state index contributed by atoms with van der Waals surface area (Å²) in [6, 6.07) is 13.7. The van der Waals surface area contributed by atoms with E-state index in [0.717, 1.165) is 16.8 Å².